The summed E-state index contributed by atoms with van der Waals surface area (Å²) < 4.78 is 0. The standard InChI is InChI=1S/C16H24N2/c17-14-7-4-8-15(11-14)18-16(13-9-10-13)12-5-2-1-3-6-12/h1-3,5-6,13-16,18H,4,7-11,17H2. The van der Waals surface area contributed by atoms with Gasteiger partial charge in [-0.3, -0.25) is 0 Å². The Hall–Kier alpha value is -0.860. The fraction of sp³-hybridized carbons (Fsp3) is 0.625. The molecule has 3 N–H and O–H groups in total. The van der Waals surface area contributed by atoms with Gasteiger partial charge < -0.3 is 11.1 Å². The number of nitrogens with one attached hydrogen (secondary N) is 1. The Balaban J connectivity index is 1.67. The summed E-state index contributed by atoms with van der Waals surface area (Å²) in [6, 6.07) is 12.5. The molecule has 1 aromatic carbocycles. The average molecular weight is 244 g/mol. The van der Waals surface area contributed by atoms with Crippen molar-refractivity contribution in [2.45, 2.75) is 56.7 Å². The highest BCUT2D eigenvalue weighted by atomic mass is 15.0. The first-order valence-electron chi connectivity index (χ1n) is 7.39. The van der Waals surface area contributed by atoms with Crippen molar-refractivity contribution in [2.75, 3.05) is 0 Å². The van der Waals surface area contributed by atoms with E-state index in [1.807, 2.05) is 0 Å². The molecule has 3 atom stereocenters. The van der Waals surface area contributed by atoms with Crippen LogP contribution in [0.25, 0.3) is 0 Å². The van der Waals surface area contributed by atoms with E-state index in [2.05, 4.69) is 35.6 Å². The van der Waals surface area contributed by atoms with Crippen LogP contribution in [0.5, 0.6) is 0 Å². The van der Waals surface area contributed by atoms with Gasteiger partial charge in [0.25, 0.3) is 0 Å². The smallest absolute Gasteiger partial charge is 0.0351 e. The van der Waals surface area contributed by atoms with Crippen LogP contribution in [0, 0.1) is 5.92 Å². The zero-order valence-corrected chi connectivity index (χ0v) is 11.0. The van der Waals surface area contributed by atoms with Crippen molar-refractivity contribution in [2.24, 2.45) is 11.7 Å². The molecular weight excluding hydrogens is 220 g/mol. The van der Waals surface area contributed by atoms with Gasteiger partial charge in [-0.1, -0.05) is 36.8 Å². The molecule has 2 nitrogen and oxygen atoms in total. The van der Waals surface area contributed by atoms with Crippen molar-refractivity contribution in [1.29, 1.82) is 0 Å². The molecule has 0 spiro atoms. The summed E-state index contributed by atoms with van der Waals surface area (Å²) in [6.45, 7) is 0. The molecule has 0 aromatic heterocycles. The maximum Gasteiger partial charge on any atom is 0.0351 e. The molecule has 2 heteroatoms. The minimum Gasteiger partial charge on any atom is -0.328 e. The summed E-state index contributed by atoms with van der Waals surface area (Å²) in [7, 11) is 0. The third kappa shape index (κ3) is 2.93. The van der Waals surface area contributed by atoms with Gasteiger partial charge >= 0.3 is 0 Å². The lowest BCUT2D eigenvalue weighted by Crippen LogP contribution is -2.41. The molecular formula is C16H24N2. The lowest BCUT2D eigenvalue weighted by atomic mass is 9.90. The van der Waals surface area contributed by atoms with E-state index in [0.29, 0.717) is 18.1 Å². The topological polar surface area (TPSA) is 38.0 Å². The van der Waals surface area contributed by atoms with Gasteiger partial charge in [0.05, 0.1) is 0 Å². The molecule has 2 aliphatic rings. The van der Waals surface area contributed by atoms with Gasteiger partial charge in [-0.15, -0.1) is 0 Å². The molecule has 0 radical (unpaired) electrons. The second-order valence-corrected chi connectivity index (χ2v) is 6.02. The van der Waals surface area contributed by atoms with Crippen LogP contribution in [0.1, 0.15) is 50.1 Å². The van der Waals surface area contributed by atoms with E-state index in [1.165, 1.54) is 37.7 Å². The monoisotopic (exact) mass is 244 g/mol. The minimum absolute atomic E-state index is 0.409. The van der Waals surface area contributed by atoms with Crippen LogP contribution in [-0.4, -0.2) is 12.1 Å². The lowest BCUT2D eigenvalue weighted by Gasteiger charge is -2.31. The molecule has 18 heavy (non-hydrogen) atoms. The Bertz CT molecular complexity index is 372. The van der Waals surface area contributed by atoms with E-state index in [9.17, 15) is 0 Å². The fourth-order valence-electron chi connectivity index (χ4n) is 3.23. The fourth-order valence-corrected chi connectivity index (χ4v) is 3.23. The Morgan fingerprint density at radius 2 is 1.83 bits per heavy atom. The van der Waals surface area contributed by atoms with E-state index in [1.54, 1.807) is 0 Å². The largest absolute Gasteiger partial charge is 0.328 e. The van der Waals surface area contributed by atoms with Crippen molar-refractivity contribution >= 4 is 0 Å². The highest BCUT2D eigenvalue weighted by Gasteiger charge is 2.34. The summed E-state index contributed by atoms with van der Waals surface area (Å²) in [6.07, 6.45) is 7.69. The summed E-state index contributed by atoms with van der Waals surface area (Å²) in [5.74, 6) is 0.852. The van der Waals surface area contributed by atoms with Gasteiger partial charge in [0, 0.05) is 18.1 Å². The molecule has 0 bridgehead atoms. The molecule has 0 aliphatic heterocycles. The highest BCUT2D eigenvalue weighted by molar-refractivity contribution is 5.21. The number of benzene rings is 1. The Kier molecular flexibility index (Phi) is 3.67. The third-order valence-corrected chi connectivity index (χ3v) is 4.38. The van der Waals surface area contributed by atoms with E-state index in [4.69, 9.17) is 5.73 Å². The van der Waals surface area contributed by atoms with E-state index >= 15 is 0 Å². The average Bonchev–Trinajstić information content (AvgIpc) is 3.21. The molecule has 1 aromatic rings. The normalized spacial score (nSPS) is 30.1. The second-order valence-electron chi connectivity index (χ2n) is 6.02. The maximum absolute atomic E-state index is 6.09. The minimum atomic E-state index is 0.409. The molecule has 2 saturated carbocycles. The third-order valence-electron chi connectivity index (χ3n) is 4.38. The molecule has 98 valence electrons. The van der Waals surface area contributed by atoms with Crippen molar-refractivity contribution in [1.82, 2.24) is 5.32 Å². The highest BCUT2D eigenvalue weighted by Crippen LogP contribution is 2.41. The van der Waals surface area contributed by atoms with Crippen LogP contribution in [0.3, 0.4) is 0 Å². The van der Waals surface area contributed by atoms with E-state index < -0.39 is 0 Å². The SMILES string of the molecule is NC1CCCC(NC(c2ccccc2)C2CC2)C1. The Morgan fingerprint density at radius 3 is 2.50 bits per heavy atom. The van der Waals surface area contributed by atoms with Gasteiger partial charge in [0.2, 0.25) is 0 Å². The van der Waals surface area contributed by atoms with Gasteiger partial charge in [-0.25, -0.2) is 0 Å². The van der Waals surface area contributed by atoms with Crippen molar-refractivity contribution < 1.29 is 0 Å². The molecule has 2 fully saturated rings. The molecule has 2 aliphatic carbocycles. The summed E-state index contributed by atoms with van der Waals surface area (Å²) in [5, 5.41) is 3.88. The van der Waals surface area contributed by atoms with Gasteiger partial charge in [0.1, 0.15) is 0 Å². The first kappa shape index (κ1) is 12.2. The summed E-state index contributed by atoms with van der Waals surface area (Å²) in [4.78, 5) is 0. The van der Waals surface area contributed by atoms with Crippen molar-refractivity contribution in [3.63, 3.8) is 0 Å². The molecule has 0 heterocycles. The van der Waals surface area contributed by atoms with Gasteiger partial charge in [-0.05, 0) is 43.6 Å². The first-order chi connectivity index (χ1) is 8.83. The number of rotatable bonds is 4. The number of hydrogen-bond acceptors (Lipinski definition) is 2. The summed E-state index contributed by atoms with van der Waals surface area (Å²) >= 11 is 0. The predicted octanol–water partition coefficient (Wildman–Crippen LogP) is 3.00. The number of hydrogen-bond donors (Lipinski definition) is 2. The Morgan fingerprint density at radius 1 is 1.06 bits per heavy atom. The van der Waals surface area contributed by atoms with Crippen LogP contribution < -0.4 is 11.1 Å². The van der Waals surface area contributed by atoms with E-state index in [0.717, 1.165) is 12.3 Å². The van der Waals surface area contributed by atoms with Gasteiger partial charge in [-0.2, -0.15) is 0 Å². The molecule has 0 amide bonds. The Labute approximate surface area is 110 Å². The van der Waals surface area contributed by atoms with Crippen LogP contribution in [0.4, 0.5) is 0 Å². The van der Waals surface area contributed by atoms with Crippen LogP contribution >= 0.6 is 0 Å². The van der Waals surface area contributed by atoms with Crippen molar-refractivity contribution in [3.05, 3.63) is 35.9 Å². The first-order valence-corrected chi connectivity index (χ1v) is 7.39. The molecule has 0 saturated heterocycles. The molecule has 3 rings (SSSR count). The summed E-state index contributed by atoms with van der Waals surface area (Å²) in [5.41, 5.74) is 7.55. The number of nitrogens with two attached hydrogens (primary N) is 1. The zero-order valence-electron chi connectivity index (χ0n) is 11.0. The van der Waals surface area contributed by atoms with Crippen LogP contribution in [0.2, 0.25) is 0 Å². The lowest BCUT2D eigenvalue weighted by molar-refractivity contribution is 0.300. The zero-order chi connectivity index (χ0) is 12.4. The van der Waals surface area contributed by atoms with Crippen LogP contribution in [-0.2, 0) is 0 Å². The predicted molar refractivity (Wildman–Crippen MR) is 75.3 cm³/mol. The molecule has 3 unspecified atom stereocenters. The van der Waals surface area contributed by atoms with Crippen molar-refractivity contribution in [3.8, 4) is 0 Å². The quantitative estimate of drug-likeness (QED) is 0.854. The van der Waals surface area contributed by atoms with E-state index in [-0.39, 0.29) is 0 Å². The maximum atomic E-state index is 6.09. The van der Waals surface area contributed by atoms with Crippen LogP contribution in [0.15, 0.2) is 30.3 Å². The van der Waals surface area contributed by atoms with Gasteiger partial charge in [0.15, 0.2) is 0 Å². The second kappa shape index (κ2) is 5.41.